The van der Waals surface area contributed by atoms with Crippen LogP contribution < -0.4 is 5.32 Å². The summed E-state index contributed by atoms with van der Waals surface area (Å²) in [6, 6.07) is 12.8. The minimum Gasteiger partial charge on any atom is -0.350 e. The van der Waals surface area contributed by atoms with E-state index in [4.69, 9.17) is 10.5 Å². The Balaban J connectivity index is 2.02. The van der Waals surface area contributed by atoms with Gasteiger partial charge in [0, 0.05) is 12.7 Å². The van der Waals surface area contributed by atoms with Crippen molar-refractivity contribution in [3.8, 4) is 12.1 Å². The maximum absolute atomic E-state index is 8.71. The van der Waals surface area contributed by atoms with Gasteiger partial charge in [-0.25, -0.2) is 9.97 Å². The average Bonchev–Trinajstić information content (AvgIpc) is 2.46. The smallest absolute Gasteiger partial charge is 0.224 e. The van der Waals surface area contributed by atoms with E-state index >= 15 is 0 Å². The van der Waals surface area contributed by atoms with Crippen molar-refractivity contribution < 1.29 is 0 Å². The number of benzene rings is 1. The van der Waals surface area contributed by atoms with Crippen molar-refractivity contribution in [3.63, 3.8) is 0 Å². The van der Waals surface area contributed by atoms with Crippen LogP contribution in [0, 0.1) is 22.7 Å². The molecule has 0 fully saturated rings. The van der Waals surface area contributed by atoms with Crippen LogP contribution in [0.2, 0.25) is 0 Å². The van der Waals surface area contributed by atoms with Gasteiger partial charge in [0.1, 0.15) is 11.8 Å². The molecule has 0 atom stereocenters. The van der Waals surface area contributed by atoms with Crippen LogP contribution >= 0.6 is 0 Å². The zero-order valence-corrected chi connectivity index (χ0v) is 9.46. The molecule has 1 heterocycles. The van der Waals surface area contributed by atoms with Crippen LogP contribution in [0.5, 0.6) is 0 Å². The van der Waals surface area contributed by atoms with Crippen molar-refractivity contribution in [3.05, 3.63) is 53.3 Å². The summed E-state index contributed by atoms with van der Waals surface area (Å²) in [5.74, 6) is 0.415. The number of rotatable bonds is 3. The fraction of sp³-hybridized carbons (Fsp3) is 0.0769. The Morgan fingerprint density at radius 3 is 2.50 bits per heavy atom. The van der Waals surface area contributed by atoms with Gasteiger partial charge in [0.2, 0.25) is 5.95 Å². The third-order valence-electron chi connectivity index (χ3n) is 2.30. The summed E-state index contributed by atoms with van der Waals surface area (Å²) in [5.41, 5.74) is 1.97. The van der Waals surface area contributed by atoms with E-state index in [2.05, 4.69) is 21.4 Å². The highest BCUT2D eigenvalue weighted by atomic mass is 15.1. The van der Waals surface area contributed by atoms with Crippen LogP contribution in [0.25, 0.3) is 0 Å². The van der Waals surface area contributed by atoms with E-state index in [-0.39, 0.29) is 0 Å². The highest BCUT2D eigenvalue weighted by Crippen LogP contribution is 2.06. The Morgan fingerprint density at radius 2 is 1.83 bits per heavy atom. The van der Waals surface area contributed by atoms with Crippen LogP contribution in [-0.4, -0.2) is 9.97 Å². The molecule has 0 aliphatic heterocycles. The molecule has 0 amide bonds. The minimum absolute atomic E-state index is 0.326. The fourth-order valence-corrected chi connectivity index (χ4v) is 1.38. The van der Waals surface area contributed by atoms with E-state index in [1.807, 2.05) is 18.2 Å². The molecule has 1 aromatic heterocycles. The van der Waals surface area contributed by atoms with Crippen molar-refractivity contribution in [1.82, 2.24) is 9.97 Å². The fourth-order valence-electron chi connectivity index (χ4n) is 1.38. The molecule has 0 aliphatic rings. The average molecular weight is 235 g/mol. The number of anilines is 1. The lowest BCUT2D eigenvalue weighted by molar-refractivity contribution is 1.04. The Kier molecular flexibility index (Phi) is 3.48. The van der Waals surface area contributed by atoms with Gasteiger partial charge in [-0.3, -0.25) is 0 Å². The molecule has 86 valence electrons. The predicted octanol–water partition coefficient (Wildman–Crippen LogP) is 1.83. The molecular formula is C13H9N5. The summed E-state index contributed by atoms with van der Waals surface area (Å²) in [6.45, 7) is 0.542. The normalized spacial score (nSPS) is 9.22. The van der Waals surface area contributed by atoms with Gasteiger partial charge >= 0.3 is 0 Å². The second-order valence-electron chi connectivity index (χ2n) is 3.54. The molecular weight excluding hydrogens is 226 g/mol. The van der Waals surface area contributed by atoms with Crippen LogP contribution in [0.4, 0.5) is 5.95 Å². The Bertz CT molecular complexity index is 619. The lowest BCUT2D eigenvalue weighted by Crippen LogP contribution is -2.04. The van der Waals surface area contributed by atoms with Gasteiger partial charge in [-0.2, -0.15) is 10.5 Å². The number of hydrogen-bond donors (Lipinski definition) is 1. The van der Waals surface area contributed by atoms with Gasteiger partial charge in [0.25, 0.3) is 0 Å². The van der Waals surface area contributed by atoms with Crippen molar-refractivity contribution in [2.45, 2.75) is 6.54 Å². The lowest BCUT2D eigenvalue weighted by Gasteiger charge is -2.04. The summed E-state index contributed by atoms with van der Waals surface area (Å²) >= 11 is 0. The van der Waals surface area contributed by atoms with Crippen LogP contribution in [0.15, 0.2) is 36.5 Å². The topological polar surface area (TPSA) is 85.4 Å². The van der Waals surface area contributed by atoms with E-state index in [1.165, 1.54) is 6.20 Å². The molecule has 1 N–H and O–H groups in total. The summed E-state index contributed by atoms with van der Waals surface area (Å²) < 4.78 is 0. The first-order valence-corrected chi connectivity index (χ1v) is 5.28. The maximum atomic E-state index is 8.71. The Labute approximate surface area is 104 Å². The van der Waals surface area contributed by atoms with E-state index in [0.717, 1.165) is 5.56 Å². The highest BCUT2D eigenvalue weighted by molar-refractivity contribution is 5.35. The van der Waals surface area contributed by atoms with Gasteiger partial charge in [-0.05, 0) is 23.8 Å². The predicted molar refractivity (Wildman–Crippen MR) is 65.2 cm³/mol. The minimum atomic E-state index is 0.326. The first-order chi connectivity index (χ1) is 8.81. The molecule has 5 nitrogen and oxygen atoms in total. The van der Waals surface area contributed by atoms with E-state index in [1.54, 1.807) is 18.2 Å². The molecule has 18 heavy (non-hydrogen) atoms. The largest absolute Gasteiger partial charge is 0.350 e. The number of nitrogens with zero attached hydrogens (tertiary/aromatic N) is 4. The third-order valence-corrected chi connectivity index (χ3v) is 2.30. The third kappa shape index (κ3) is 2.81. The van der Waals surface area contributed by atoms with Crippen molar-refractivity contribution in [2.24, 2.45) is 0 Å². The summed E-state index contributed by atoms with van der Waals surface area (Å²) in [6.07, 6.45) is 1.53. The number of nitrogens with one attached hydrogen (secondary N) is 1. The molecule has 2 aromatic rings. The summed E-state index contributed by atoms with van der Waals surface area (Å²) in [4.78, 5) is 8.01. The van der Waals surface area contributed by atoms with Gasteiger partial charge in [0.05, 0.1) is 11.6 Å². The molecule has 0 saturated carbocycles. The number of aromatic nitrogens is 2. The molecule has 0 saturated heterocycles. The SMILES string of the molecule is N#Cc1ccc(CNc2nccc(C#N)n2)cc1. The monoisotopic (exact) mass is 235 g/mol. The zero-order chi connectivity index (χ0) is 12.8. The van der Waals surface area contributed by atoms with Crippen LogP contribution in [-0.2, 0) is 6.54 Å². The molecule has 5 heteroatoms. The van der Waals surface area contributed by atoms with Crippen molar-refractivity contribution in [1.29, 1.82) is 10.5 Å². The molecule has 0 unspecified atom stereocenters. The van der Waals surface area contributed by atoms with Gasteiger partial charge in [-0.15, -0.1) is 0 Å². The van der Waals surface area contributed by atoms with Crippen molar-refractivity contribution in [2.75, 3.05) is 5.32 Å². The summed E-state index contributed by atoms with van der Waals surface area (Å²) in [5, 5.41) is 20.4. The van der Waals surface area contributed by atoms with Gasteiger partial charge < -0.3 is 5.32 Å². The van der Waals surface area contributed by atoms with Crippen LogP contribution in [0.3, 0.4) is 0 Å². The lowest BCUT2D eigenvalue weighted by atomic mass is 10.1. The van der Waals surface area contributed by atoms with Crippen LogP contribution in [0.1, 0.15) is 16.8 Å². The zero-order valence-electron chi connectivity index (χ0n) is 9.46. The van der Waals surface area contributed by atoms with E-state index in [0.29, 0.717) is 23.8 Å². The molecule has 0 bridgehead atoms. The Morgan fingerprint density at radius 1 is 1.06 bits per heavy atom. The second kappa shape index (κ2) is 5.42. The molecule has 0 radical (unpaired) electrons. The molecule has 1 aromatic carbocycles. The number of hydrogen-bond acceptors (Lipinski definition) is 5. The van der Waals surface area contributed by atoms with E-state index in [9.17, 15) is 0 Å². The molecule has 0 spiro atoms. The first-order valence-electron chi connectivity index (χ1n) is 5.28. The molecule has 2 rings (SSSR count). The maximum Gasteiger partial charge on any atom is 0.224 e. The quantitative estimate of drug-likeness (QED) is 0.877. The first kappa shape index (κ1) is 11.6. The van der Waals surface area contributed by atoms with E-state index < -0.39 is 0 Å². The Hall–Kier alpha value is -2.92. The second-order valence-corrected chi connectivity index (χ2v) is 3.54. The van der Waals surface area contributed by atoms with Crippen molar-refractivity contribution >= 4 is 5.95 Å². The molecule has 0 aliphatic carbocycles. The standard InChI is InChI=1S/C13H9N5/c14-7-10-1-3-11(4-2-10)9-17-13-16-6-5-12(8-15)18-13/h1-6H,9H2,(H,16,17,18). The number of nitriles is 2. The summed E-state index contributed by atoms with van der Waals surface area (Å²) in [7, 11) is 0. The van der Waals surface area contributed by atoms with Gasteiger partial charge in [0.15, 0.2) is 0 Å². The van der Waals surface area contributed by atoms with Gasteiger partial charge in [-0.1, -0.05) is 12.1 Å². The highest BCUT2D eigenvalue weighted by Gasteiger charge is 1.99.